The van der Waals surface area contributed by atoms with Crippen molar-refractivity contribution in [2.45, 2.75) is 11.3 Å². The lowest BCUT2D eigenvalue weighted by molar-refractivity contribution is 0.0954. The first kappa shape index (κ1) is 19.9. The van der Waals surface area contributed by atoms with E-state index in [0.29, 0.717) is 18.5 Å². The van der Waals surface area contributed by atoms with Crippen LogP contribution in [0.5, 0.6) is 0 Å². The highest BCUT2D eigenvalue weighted by Gasteiger charge is 2.09. The van der Waals surface area contributed by atoms with E-state index in [2.05, 4.69) is 16.0 Å². The number of fused-ring (bicyclic) bond motifs is 1. The Morgan fingerprint density at radius 3 is 2.47 bits per heavy atom. The predicted octanol–water partition coefficient (Wildman–Crippen LogP) is 3.25. The molecule has 4 rings (SSSR count). The molecule has 0 bridgehead atoms. The second-order valence-corrected chi connectivity index (χ2v) is 8.55. The van der Waals surface area contributed by atoms with E-state index in [1.54, 1.807) is 18.2 Å². The van der Waals surface area contributed by atoms with E-state index in [4.69, 9.17) is 5.14 Å². The Morgan fingerprint density at radius 1 is 0.933 bits per heavy atom. The summed E-state index contributed by atoms with van der Waals surface area (Å²) in [5.74, 6) is -0.158. The minimum atomic E-state index is -3.70. The molecule has 1 aromatic heterocycles. The van der Waals surface area contributed by atoms with Gasteiger partial charge in [-0.15, -0.1) is 0 Å². The minimum absolute atomic E-state index is 0.0737. The van der Waals surface area contributed by atoms with E-state index >= 15 is 0 Å². The predicted molar refractivity (Wildman–Crippen MR) is 117 cm³/mol. The fourth-order valence-electron chi connectivity index (χ4n) is 3.37. The van der Waals surface area contributed by atoms with E-state index in [1.807, 2.05) is 48.7 Å². The van der Waals surface area contributed by atoms with Gasteiger partial charge >= 0.3 is 0 Å². The Hall–Kier alpha value is -3.42. The molecule has 3 N–H and O–H groups in total. The highest BCUT2D eigenvalue weighted by Crippen LogP contribution is 2.21. The van der Waals surface area contributed by atoms with Gasteiger partial charge in [0.2, 0.25) is 10.0 Å². The molecule has 1 amide bonds. The van der Waals surface area contributed by atoms with Crippen LogP contribution in [0.4, 0.5) is 0 Å². The van der Waals surface area contributed by atoms with Crippen LogP contribution in [-0.4, -0.2) is 25.4 Å². The molecule has 1 heterocycles. The number of rotatable bonds is 6. The van der Waals surface area contributed by atoms with Crippen LogP contribution in [0.15, 0.2) is 90.0 Å². The number of amides is 1. The second kappa shape index (κ2) is 8.14. The normalized spacial score (nSPS) is 11.5. The zero-order valence-electron chi connectivity index (χ0n) is 16.2. The second-order valence-electron chi connectivity index (χ2n) is 6.99. The van der Waals surface area contributed by atoms with Crippen LogP contribution in [0, 0.1) is 0 Å². The monoisotopic (exact) mass is 419 g/mol. The van der Waals surface area contributed by atoms with Gasteiger partial charge in [0.1, 0.15) is 0 Å². The quantitative estimate of drug-likeness (QED) is 0.502. The van der Waals surface area contributed by atoms with Crippen molar-refractivity contribution in [3.8, 4) is 5.69 Å². The molecule has 0 fully saturated rings. The molecule has 0 saturated heterocycles. The topological polar surface area (TPSA) is 94.2 Å². The standard InChI is InChI=1S/C23H21N3O3S/c24-30(28,29)21-10-8-17(9-11-21)12-14-25-23(27)19-5-3-6-20(16-19)26-15-13-18-4-1-2-7-22(18)26/h1-11,13,15-16H,12,14H2,(H,25,27)(H2,24,28,29). The molecular weight excluding hydrogens is 398 g/mol. The van der Waals surface area contributed by atoms with E-state index < -0.39 is 10.0 Å². The molecule has 30 heavy (non-hydrogen) atoms. The van der Waals surface area contributed by atoms with Crippen molar-refractivity contribution in [2.24, 2.45) is 5.14 Å². The van der Waals surface area contributed by atoms with Crippen LogP contribution >= 0.6 is 0 Å². The van der Waals surface area contributed by atoms with Crippen LogP contribution in [-0.2, 0) is 16.4 Å². The average molecular weight is 420 g/mol. The van der Waals surface area contributed by atoms with Crippen LogP contribution in [0.1, 0.15) is 15.9 Å². The SMILES string of the molecule is NS(=O)(=O)c1ccc(CCNC(=O)c2cccc(-n3ccc4ccccc43)c2)cc1. The molecule has 0 radical (unpaired) electrons. The molecular formula is C23H21N3O3S. The Bertz CT molecular complexity index is 1310. The lowest BCUT2D eigenvalue weighted by Crippen LogP contribution is -2.25. The molecule has 0 saturated carbocycles. The first-order valence-corrected chi connectivity index (χ1v) is 11.0. The number of para-hydroxylation sites is 1. The Kier molecular flexibility index (Phi) is 5.39. The first-order chi connectivity index (χ1) is 14.4. The van der Waals surface area contributed by atoms with E-state index in [1.165, 1.54) is 12.1 Å². The number of nitrogens with one attached hydrogen (secondary N) is 1. The summed E-state index contributed by atoms with van der Waals surface area (Å²) in [5.41, 5.74) is 3.49. The summed E-state index contributed by atoms with van der Waals surface area (Å²) in [6.07, 6.45) is 2.57. The number of sulfonamides is 1. The van der Waals surface area contributed by atoms with Crippen molar-refractivity contribution in [3.05, 3.63) is 96.2 Å². The number of primary sulfonamides is 1. The summed E-state index contributed by atoms with van der Waals surface area (Å²) < 4.78 is 24.7. The van der Waals surface area contributed by atoms with Crippen LogP contribution in [0.3, 0.4) is 0 Å². The van der Waals surface area contributed by atoms with Crippen molar-refractivity contribution in [2.75, 3.05) is 6.54 Å². The van der Waals surface area contributed by atoms with Gasteiger partial charge < -0.3 is 9.88 Å². The lowest BCUT2D eigenvalue weighted by atomic mass is 10.1. The maximum atomic E-state index is 12.6. The fourth-order valence-corrected chi connectivity index (χ4v) is 3.89. The molecule has 0 aliphatic heterocycles. The molecule has 3 aromatic carbocycles. The van der Waals surface area contributed by atoms with Gasteiger partial charge in [-0.2, -0.15) is 0 Å². The zero-order valence-corrected chi connectivity index (χ0v) is 17.0. The van der Waals surface area contributed by atoms with Gasteiger partial charge in [0.15, 0.2) is 0 Å². The summed E-state index contributed by atoms with van der Waals surface area (Å²) in [6.45, 7) is 0.435. The number of carbonyl (C=O) groups is 1. The summed E-state index contributed by atoms with van der Waals surface area (Å²) in [4.78, 5) is 12.7. The maximum absolute atomic E-state index is 12.6. The van der Waals surface area contributed by atoms with Crippen molar-refractivity contribution >= 4 is 26.8 Å². The maximum Gasteiger partial charge on any atom is 0.251 e. The summed E-state index contributed by atoms with van der Waals surface area (Å²) in [5, 5.41) is 9.15. The number of nitrogens with zero attached hydrogens (tertiary/aromatic N) is 1. The van der Waals surface area contributed by atoms with E-state index in [9.17, 15) is 13.2 Å². The van der Waals surface area contributed by atoms with Gasteiger partial charge in [0, 0.05) is 24.0 Å². The van der Waals surface area contributed by atoms with Crippen molar-refractivity contribution in [1.82, 2.24) is 9.88 Å². The summed E-state index contributed by atoms with van der Waals surface area (Å²) in [7, 11) is -3.70. The third kappa shape index (κ3) is 4.27. The third-order valence-corrected chi connectivity index (χ3v) is 5.87. The number of hydrogen-bond donors (Lipinski definition) is 2. The molecule has 4 aromatic rings. The van der Waals surface area contributed by atoms with Crippen molar-refractivity contribution in [3.63, 3.8) is 0 Å². The summed E-state index contributed by atoms with van der Waals surface area (Å²) in [6, 6.07) is 24.0. The largest absolute Gasteiger partial charge is 0.352 e. The van der Waals surface area contributed by atoms with Crippen LogP contribution < -0.4 is 10.5 Å². The number of nitrogens with two attached hydrogens (primary N) is 1. The van der Waals surface area contributed by atoms with Gasteiger partial charge in [0.05, 0.1) is 10.4 Å². The molecule has 0 unspecified atom stereocenters. The van der Waals surface area contributed by atoms with Crippen molar-refractivity contribution in [1.29, 1.82) is 0 Å². The Balaban J connectivity index is 1.42. The van der Waals surface area contributed by atoms with Gasteiger partial charge in [-0.25, -0.2) is 13.6 Å². The van der Waals surface area contributed by atoms with Crippen LogP contribution in [0.25, 0.3) is 16.6 Å². The third-order valence-electron chi connectivity index (χ3n) is 4.94. The average Bonchev–Trinajstić information content (AvgIpc) is 3.18. The Labute approximate surface area is 175 Å². The molecule has 0 aliphatic carbocycles. The van der Waals surface area contributed by atoms with Crippen LogP contribution in [0.2, 0.25) is 0 Å². The van der Waals surface area contributed by atoms with Crippen molar-refractivity contribution < 1.29 is 13.2 Å². The number of aromatic nitrogens is 1. The molecule has 152 valence electrons. The fraction of sp³-hybridized carbons (Fsp3) is 0.0870. The molecule has 6 nitrogen and oxygen atoms in total. The number of carbonyl (C=O) groups excluding carboxylic acids is 1. The van der Waals surface area contributed by atoms with E-state index in [0.717, 1.165) is 22.2 Å². The smallest absolute Gasteiger partial charge is 0.251 e. The van der Waals surface area contributed by atoms with Gasteiger partial charge in [-0.3, -0.25) is 4.79 Å². The Morgan fingerprint density at radius 2 is 1.70 bits per heavy atom. The molecule has 7 heteroatoms. The number of hydrogen-bond acceptors (Lipinski definition) is 3. The summed E-state index contributed by atoms with van der Waals surface area (Å²) >= 11 is 0. The lowest BCUT2D eigenvalue weighted by Gasteiger charge is -2.09. The highest BCUT2D eigenvalue weighted by molar-refractivity contribution is 7.89. The van der Waals surface area contributed by atoms with E-state index in [-0.39, 0.29) is 10.8 Å². The molecule has 0 spiro atoms. The first-order valence-electron chi connectivity index (χ1n) is 9.48. The number of benzene rings is 3. The molecule has 0 atom stereocenters. The van der Waals surface area contributed by atoms with Gasteiger partial charge in [0.25, 0.3) is 5.91 Å². The zero-order chi connectivity index (χ0) is 21.1. The minimum Gasteiger partial charge on any atom is -0.352 e. The van der Waals surface area contributed by atoms with Gasteiger partial charge in [-0.1, -0.05) is 36.4 Å². The van der Waals surface area contributed by atoms with Gasteiger partial charge in [-0.05, 0) is 59.8 Å². The molecule has 0 aliphatic rings. The highest BCUT2D eigenvalue weighted by atomic mass is 32.2.